The predicted molar refractivity (Wildman–Crippen MR) is 165 cm³/mol. The van der Waals surface area contributed by atoms with E-state index >= 15 is 0 Å². The van der Waals surface area contributed by atoms with Gasteiger partial charge in [-0.25, -0.2) is 8.42 Å². The van der Waals surface area contributed by atoms with Crippen molar-refractivity contribution in [2.75, 3.05) is 21.5 Å². The molecule has 216 valence electrons. The van der Waals surface area contributed by atoms with Gasteiger partial charge >= 0.3 is 0 Å². The number of hydrogen-bond donors (Lipinski definition) is 2. The van der Waals surface area contributed by atoms with Gasteiger partial charge < -0.3 is 15.4 Å². The Morgan fingerprint density at radius 3 is 2.17 bits per heavy atom. The van der Waals surface area contributed by atoms with E-state index in [1.165, 1.54) is 4.31 Å². The van der Waals surface area contributed by atoms with Crippen LogP contribution in [-0.4, -0.2) is 32.9 Å². The number of hydrogen-bond acceptors (Lipinski definition) is 5. The summed E-state index contributed by atoms with van der Waals surface area (Å²) in [6.45, 7) is 6.15. The van der Waals surface area contributed by atoms with Crippen LogP contribution in [0.1, 0.15) is 42.3 Å². The minimum absolute atomic E-state index is 0.0191. The van der Waals surface area contributed by atoms with E-state index in [4.69, 9.17) is 4.74 Å². The third-order valence-electron chi connectivity index (χ3n) is 6.96. The smallest absolute Gasteiger partial charge is 0.267 e. The van der Waals surface area contributed by atoms with E-state index in [2.05, 4.69) is 31.4 Å². The van der Waals surface area contributed by atoms with E-state index in [1.54, 1.807) is 84.9 Å². The first-order chi connectivity index (χ1) is 20.0. The van der Waals surface area contributed by atoms with Crippen molar-refractivity contribution < 1.29 is 22.7 Å². The quantitative estimate of drug-likeness (QED) is 0.279. The molecule has 42 heavy (non-hydrogen) atoms. The van der Waals surface area contributed by atoms with Crippen LogP contribution in [-0.2, 0) is 26.0 Å². The Morgan fingerprint density at radius 2 is 1.48 bits per heavy atom. The zero-order valence-electron chi connectivity index (χ0n) is 23.7. The Kier molecular flexibility index (Phi) is 8.04. The second kappa shape index (κ2) is 11.7. The number of carbonyl (C=O) groups is 2. The maximum Gasteiger partial charge on any atom is 0.267 e. The largest absolute Gasteiger partial charge is 0.476 e. The maximum atomic E-state index is 13.5. The zero-order chi connectivity index (χ0) is 29.9. The van der Waals surface area contributed by atoms with Gasteiger partial charge in [-0.1, -0.05) is 81.4 Å². The monoisotopic (exact) mass is 583 g/mol. The molecule has 5 rings (SSSR count). The third kappa shape index (κ3) is 6.63. The highest BCUT2D eigenvalue weighted by atomic mass is 32.2. The van der Waals surface area contributed by atoms with Gasteiger partial charge in [-0.15, -0.1) is 0 Å². The van der Waals surface area contributed by atoms with Crippen molar-refractivity contribution in [3.05, 3.63) is 120 Å². The Balaban J connectivity index is 1.29. The van der Waals surface area contributed by atoms with Crippen LogP contribution in [0.4, 0.5) is 17.1 Å². The summed E-state index contributed by atoms with van der Waals surface area (Å²) in [4.78, 5) is 26.2. The molecule has 0 spiro atoms. The topological polar surface area (TPSA) is 105 Å². The minimum Gasteiger partial charge on any atom is -0.476 e. The van der Waals surface area contributed by atoms with Crippen LogP contribution in [0.3, 0.4) is 0 Å². The molecule has 1 aliphatic rings. The molecule has 1 atom stereocenters. The summed E-state index contributed by atoms with van der Waals surface area (Å²) in [6.07, 6.45) is -1.09. The molecule has 4 aromatic rings. The molecule has 0 saturated carbocycles. The van der Waals surface area contributed by atoms with Gasteiger partial charge in [-0.05, 0) is 59.0 Å². The van der Waals surface area contributed by atoms with Crippen LogP contribution in [0.2, 0.25) is 0 Å². The number of rotatable bonds is 7. The van der Waals surface area contributed by atoms with Crippen molar-refractivity contribution in [2.45, 2.75) is 38.0 Å². The van der Waals surface area contributed by atoms with Crippen LogP contribution in [0, 0.1) is 0 Å². The van der Waals surface area contributed by atoms with Crippen LogP contribution < -0.4 is 19.7 Å². The number of fused-ring (bicyclic) bond motifs is 1. The number of carbonyl (C=O) groups excluding carboxylic acids is 2. The third-order valence-corrected chi connectivity index (χ3v) is 8.67. The highest BCUT2D eigenvalue weighted by Gasteiger charge is 2.36. The van der Waals surface area contributed by atoms with E-state index in [-0.39, 0.29) is 23.6 Å². The lowest BCUT2D eigenvalue weighted by molar-refractivity contribution is -0.122. The standard InChI is InChI=1S/C33H33N3O5S/c1-33(2,3)25-18-16-24(17-19-25)31(37)34-26-12-9-13-27(20-26)35-32(38)30-21-36(28-14-7-8-15-29(28)41-30)42(39,40)22-23-10-5-4-6-11-23/h4-20,30H,21-22H2,1-3H3,(H,34,37)(H,35,38). The molecule has 1 heterocycles. The van der Waals surface area contributed by atoms with Crippen molar-refractivity contribution in [2.24, 2.45) is 0 Å². The minimum atomic E-state index is -3.82. The van der Waals surface area contributed by atoms with Crippen LogP contribution in [0.15, 0.2) is 103 Å². The Hall–Kier alpha value is -4.63. The van der Waals surface area contributed by atoms with E-state index in [0.29, 0.717) is 33.9 Å². The summed E-state index contributed by atoms with van der Waals surface area (Å²) in [6, 6.07) is 29.9. The molecule has 0 saturated heterocycles. The molecule has 0 fully saturated rings. The number of sulfonamides is 1. The van der Waals surface area contributed by atoms with Gasteiger partial charge in [0.1, 0.15) is 5.75 Å². The first kappa shape index (κ1) is 28.9. The average molecular weight is 584 g/mol. The second-order valence-electron chi connectivity index (χ2n) is 11.2. The molecule has 0 radical (unpaired) electrons. The number of ether oxygens (including phenoxy) is 1. The summed E-state index contributed by atoms with van der Waals surface area (Å²) in [7, 11) is -3.82. The molecule has 9 heteroatoms. The van der Waals surface area contributed by atoms with Gasteiger partial charge in [0.2, 0.25) is 10.0 Å². The molecule has 1 aliphatic heterocycles. The SMILES string of the molecule is CC(C)(C)c1ccc(C(=O)Nc2cccc(NC(=O)C3CN(S(=O)(=O)Cc4ccccc4)c4ccccc4O3)c2)cc1. The molecule has 0 aliphatic carbocycles. The van der Waals surface area contributed by atoms with Crippen molar-refractivity contribution >= 4 is 38.9 Å². The highest BCUT2D eigenvalue weighted by Crippen LogP contribution is 2.36. The van der Waals surface area contributed by atoms with Gasteiger partial charge in [-0.3, -0.25) is 13.9 Å². The highest BCUT2D eigenvalue weighted by molar-refractivity contribution is 7.92. The number of benzene rings is 4. The van der Waals surface area contributed by atoms with Crippen molar-refractivity contribution in [3.8, 4) is 5.75 Å². The van der Waals surface area contributed by atoms with E-state index < -0.39 is 22.0 Å². The summed E-state index contributed by atoms with van der Waals surface area (Å²) < 4.78 is 34.1. The van der Waals surface area contributed by atoms with Crippen LogP contribution in [0.25, 0.3) is 0 Å². The van der Waals surface area contributed by atoms with Gasteiger partial charge in [0.25, 0.3) is 11.8 Å². The molecular formula is C33H33N3O5S. The Labute approximate surface area is 246 Å². The molecule has 4 aromatic carbocycles. The molecule has 1 unspecified atom stereocenters. The fourth-order valence-electron chi connectivity index (χ4n) is 4.69. The summed E-state index contributed by atoms with van der Waals surface area (Å²) >= 11 is 0. The van der Waals surface area contributed by atoms with Crippen molar-refractivity contribution in [1.29, 1.82) is 0 Å². The normalized spacial score (nSPS) is 14.8. The zero-order valence-corrected chi connectivity index (χ0v) is 24.5. The number of para-hydroxylation sites is 2. The van der Waals surface area contributed by atoms with Gasteiger partial charge in [-0.2, -0.15) is 0 Å². The van der Waals surface area contributed by atoms with E-state index in [9.17, 15) is 18.0 Å². The fourth-order valence-corrected chi connectivity index (χ4v) is 6.27. The number of nitrogens with zero attached hydrogens (tertiary/aromatic N) is 1. The summed E-state index contributed by atoms with van der Waals surface area (Å²) in [5.74, 6) is -0.688. The average Bonchev–Trinajstić information content (AvgIpc) is 2.96. The van der Waals surface area contributed by atoms with Crippen molar-refractivity contribution in [1.82, 2.24) is 0 Å². The molecular weight excluding hydrogens is 550 g/mol. The number of amides is 2. The lowest BCUT2D eigenvalue weighted by Gasteiger charge is -2.34. The molecule has 2 N–H and O–H groups in total. The number of nitrogens with one attached hydrogen (secondary N) is 2. The lowest BCUT2D eigenvalue weighted by atomic mass is 9.87. The van der Waals surface area contributed by atoms with Gasteiger partial charge in [0.05, 0.1) is 18.0 Å². The molecule has 0 aromatic heterocycles. The Bertz CT molecular complexity index is 1700. The first-order valence-corrected chi connectivity index (χ1v) is 15.2. The fraction of sp³-hybridized carbons (Fsp3) is 0.212. The molecule has 0 bridgehead atoms. The van der Waals surface area contributed by atoms with E-state index in [0.717, 1.165) is 5.56 Å². The number of anilines is 3. The van der Waals surface area contributed by atoms with Gasteiger partial charge in [0, 0.05) is 16.9 Å². The summed E-state index contributed by atoms with van der Waals surface area (Å²) in [5.41, 5.74) is 3.59. The Morgan fingerprint density at radius 1 is 0.833 bits per heavy atom. The van der Waals surface area contributed by atoms with Crippen molar-refractivity contribution in [3.63, 3.8) is 0 Å². The first-order valence-electron chi connectivity index (χ1n) is 13.6. The molecule has 2 amide bonds. The summed E-state index contributed by atoms with van der Waals surface area (Å²) in [5, 5.41) is 5.67. The van der Waals surface area contributed by atoms with E-state index in [1.807, 2.05) is 18.2 Å². The lowest BCUT2D eigenvalue weighted by Crippen LogP contribution is -2.49. The second-order valence-corrected chi connectivity index (χ2v) is 13.1. The van der Waals surface area contributed by atoms with Gasteiger partial charge in [0.15, 0.2) is 6.10 Å². The van der Waals surface area contributed by atoms with Crippen LogP contribution >= 0.6 is 0 Å². The predicted octanol–water partition coefficient (Wildman–Crippen LogP) is 5.97. The maximum absolute atomic E-state index is 13.5. The molecule has 8 nitrogen and oxygen atoms in total. The van der Waals surface area contributed by atoms with Crippen LogP contribution in [0.5, 0.6) is 5.75 Å².